The molecule has 3 aromatic rings. The average molecular weight is 488 g/mol. The number of piperidine rings is 1. The van der Waals surface area contributed by atoms with Crippen LogP contribution in [0.3, 0.4) is 0 Å². The molecule has 2 aliphatic heterocycles. The minimum absolute atomic E-state index is 0.158. The van der Waals surface area contributed by atoms with Crippen molar-refractivity contribution >= 4 is 11.6 Å². The van der Waals surface area contributed by atoms with Crippen LogP contribution in [0.25, 0.3) is 11.1 Å². The summed E-state index contributed by atoms with van der Waals surface area (Å²) < 4.78 is 13.9. The van der Waals surface area contributed by atoms with Crippen molar-refractivity contribution < 1.29 is 14.3 Å². The molecule has 8 nitrogen and oxygen atoms in total. The zero-order chi connectivity index (χ0) is 24.6. The lowest BCUT2D eigenvalue weighted by Crippen LogP contribution is -2.43. The van der Waals surface area contributed by atoms with E-state index in [0.717, 1.165) is 79.7 Å². The Morgan fingerprint density at radius 3 is 2.64 bits per heavy atom. The smallest absolute Gasteiger partial charge is 0.230 e. The summed E-state index contributed by atoms with van der Waals surface area (Å²) in [5.41, 5.74) is 3.98. The number of pyridine rings is 1. The number of amides is 1. The zero-order valence-corrected chi connectivity index (χ0v) is 20.9. The van der Waals surface area contributed by atoms with Gasteiger partial charge in [-0.05, 0) is 70.7 Å². The van der Waals surface area contributed by atoms with Crippen LogP contribution in [0.2, 0.25) is 0 Å². The van der Waals surface area contributed by atoms with Crippen molar-refractivity contribution in [1.82, 2.24) is 20.1 Å². The van der Waals surface area contributed by atoms with Gasteiger partial charge in [-0.15, -0.1) is 0 Å². The van der Waals surface area contributed by atoms with Gasteiger partial charge >= 0.3 is 0 Å². The minimum atomic E-state index is 0.158. The van der Waals surface area contributed by atoms with Gasteiger partial charge in [-0.1, -0.05) is 6.07 Å². The van der Waals surface area contributed by atoms with Gasteiger partial charge in [0, 0.05) is 47.0 Å². The first-order chi connectivity index (χ1) is 17.6. The molecule has 0 bridgehead atoms. The number of nitrogens with one attached hydrogen (secondary N) is 1. The molecule has 1 N–H and O–H groups in total. The summed E-state index contributed by atoms with van der Waals surface area (Å²) in [5, 5.41) is 8.15. The number of ether oxygens (including phenoxy) is 2. The molecule has 1 saturated carbocycles. The Morgan fingerprint density at radius 2 is 1.86 bits per heavy atom. The molecular formula is C28H33N5O3. The number of nitrogens with zero attached hydrogens (tertiary/aromatic N) is 4. The summed E-state index contributed by atoms with van der Waals surface area (Å²) >= 11 is 0. The van der Waals surface area contributed by atoms with Crippen molar-refractivity contribution in [2.24, 2.45) is 5.92 Å². The minimum Gasteiger partial charge on any atom is -0.481 e. The van der Waals surface area contributed by atoms with Gasteiger partial charge in [0.05, 0.1) is 25.0 Å². The van der Waals surface area contributed by atoms with E-state index in [-0.39, 0.29) is 17.9 Å². The van der Waals surface area contributed by atoms with Crippen LogP contribution >= 0.6 is 0 Å². The van der Waals surface area contributed by atoms with Crippen LogP contribution in [0.15, 0.2) is 42.7 Å². The second-order valence-corrected chi connectivity index (χ2v) is 10.1. The largest absolute Gasteiger partial charge is 0.481 e. The maximum absolute atomic E-state index is 13.3. The normalized spacial score (nSPS) is 20.2. The standard InChI is InChI=1S/C28H33N5O3/c1-18-6-9-23-24(33(18)28(34)19-7-8-19)11-10-22(27(23)36-26-5-3-4-25(31-26)35-2)20-16-30-32(17-20)21-12-14-29-15-13-21/h3-5,10-11,16-19,21,29H,6-9,12-15H2,1-2H3/t18-/m0/s1. The molecule has 0 spiro atoms. The van der Waals surface area contributed by atoms with Crippen molar-refractivity contribution in [3.05, 3.63) is 48.3 Å². The van der Waals surface area contributed by atoms with Gasteiger partial charge in [0.1, 0.15) is 5.75 Å². The molecule has 1 aromatic carbocycles. The molecule has 2 aromatic heterocycles. The Morgan fingerprint density at radius 1 is 1.06 bits per heavy atom. The van der Waals surface area contributed by atoms with E-state index >= 15 is 0 Å². The summed E-state index contributed by atoms with van der Waals surface area (Å²) in [7, 11) is 1.60. The van der Waals surface area contributed by atoms with Crippen LogP contribution in [-0.2, 0) is 11.2 Å². The second kappa shape index (κ2) is 9.58. The van der Waals surface area contributed by atoms with E-state index in [1.54, 1.807) is 13.2 Å². The number of hydrogen-bond donors (Lipinski definition) is 1. The van der Waals surface area contributed by atoms with E-state index in [4.69, 9.17) is 14.6 Å². The Balaban J connectivity index is 1.43. The number of carbonyl (C=O) groups excluding carboxylic acids is 1. The number of anilines is 1. The van der Waals surface area contributed by atoms with Crippen LogP contribution in [0.5, 0.6) is 17.5 Å². The first kappa shape index (κ1) is 23.0. The van der Waals surface area contributed by atoms with Gasteiger partial charge in [0.15, 0.2) is 0 Å². The van der Waals surface area contributed by atoms with Crippen molar-refractivity contribution in [2.75, 3.05) is 25.1 Å². The highest BCUT2D eigenvalue weighted by molar-refractivity contribution is 5.99. The van der Waals surface area contributed by atoms with Crippen LogP contribution in [0, 0.1) is 5.92 Å². The number of fused-ring (bicyclic) bond motifs is 1. The monoisotopic (exact) mass is 487 g/mol. The van der Waals surface area contributed by atoms with Gasteiger partial charge in [0.2, 0.25) is 17.7 Å². The fourth-order valence-corrected chi connectivity index (χ4v) is 5.43. The third kappa shape index (κ3) is 4.34. The molecule has 0 radical (unpaired) electrons. The third-order valence-electron chi connectivity index (χ3n) is 7.62. The highest BCUT2D eigenvalue weighted by Gasteiger charge is 2.39. The summed E-state index contributed by atoms with van der Waals surface area (Å²) in [4.78, 5) is 19.8. The Hall–Kier alpha value is -3.39. The van der Waals surface area contributed by atoms with E-state index in [1.165, 1.54) is 0 Å². The van der Waals surface area contributed by atoms with E-state index in [1.807, 2.05) is 23.2 Å². The van der Waals surface area contributed by atoms with E-state index in [9.17, 15) is 4.79 Å². The first-order valence-corrected chi connectivity index (χ1v) is 13.1. The van der Waals surface area contributed by atoms with Crippen LogP contribution < -0.4 is 19.7 Å². The fraction of sp³-hybridized carbons (Fsp3) is 0.464. The van der Waals surface area contributed by atoms with E-state index in [2.05, 4.69) is 40.2 Å². The number of aromatic nitrogens is 3. The molecule has 0 unspecified atom stereocenters. The first-order valence-electron chi connectivity index (χ1n) is 13.1. The highest BCUT2D eigenvalue weighted by Crippen LogP contribution is 2.46. The van der Waals surface area contributed by atoms with Crippen LogP contribution in [0.4, 0.5) is 5.69 Å². The second-order valence-electron chi connectivity index (χ2n) is 10.1. The number of rotatable bonds is 6. The van der Waals surface area contributed by atoms with Crippen LogP contribution in [0.1, 0.15) is 50.6 Å². The van der Waals surface area contributed by atoms with Crippen molar-refractivity contribution in [2.45, 2.75) is 57.5 Å². The molecule has 1 saturated heterocycles. The number of methoxy groups -OCH3 is 1. The quantitative estimate of drug-likeness (QED) is 0.541. The topological polar surface area (TPSA) is 81.5 Å². The van der Waals surface area contributed by atoms with Crippen molar-refractivity contribution in [3.63, 3.8) is 0 Å². The molecule has 2 fully saturated rings. The van der Waals surface area contributed by atoms with Gasteiger partial charge < -0.3 is 19.7 Å². The summed E-state index contributed by atoms with van der Waals surface area (Å²) in [6, 6.07) is 10.2. The molecule has 8 heteroatoms. The summed E-state index contributed by atoms with van der Waals surface area (Å²) in [6.45, 7) is 4.17. The molecule has 1 aliphatic carbocycles. The number of benzene rings is 1. The van der Waals surface area contributed by atoms with Crippen LogP contribution in [-0.4, -0.2) is 46.9 Å². The summed E-state index contributed by atoms with van der Waals surface area (Å²) in [6.07, 6.45) is 9.89. The maximum Gasteiger partial charge on any atom is 0.230 e. The zero-order valence-electron chi connectivity index (χ0n) is 20.9. The van der Waals surface area contributed by atoms with Gasteiger partial charge in [-0.25, -0.2) is 0 Å². The summed E-state index contributed by atoms with van der Waals surface area (Å²) in [5.74, 6) is 2.11. The molecule has 3 aliphatic rings. The Kier molecular flexibility index (Phi) is 6.13. The molecule has 4 heterocycles. The van der Waals surface area contributed by atoms with Gasteiger partial charge in [-0.2, -0.15) is 10.1 Å². The van der Waals surface area contributed by atoms with E-state index < -0.39 is 0 Å². The fourth-order valence-electron chi connectivity index (χ4n) is 5.43. The predicted octanol–water partition coefficient (Wildman–Crippen LogP) is 4.75. The highest BCUT2D eigenvalue weighted by atomic mass is 16.5. The van der Waals surface area contributed by atoms with Gasteiger partial charge in [0.25, 0.3) is 0 Å². The van der Waals surface area contributed by atoms with E-state index in [0.29, 0.717) is 17.8 Å². The lowest BCUT2D eigenvalue weighted by atomic mass is 9.92. The SMILES string of the molecule is COc1cccc(Oc2c(-c3cnn(C4CCNCC4)c3)ccc3c2CC[C@H](C)N3C(=O)C2CC2)n1. The average Bonchev–Trinajstić information content (AvgIpc) is 3.65. The molecular weight excluding hydrogens is 454 g/mol. The molecule has 1 amide bonds. The molecule has 6 rings (SSSR count). The Labute approximate surface area is 211 Å². The third-order valence-corrected chi connectivity index (χ3v) is 7.62. The number of carbonyl (C=O) groups is 1. The lowest BCUT2D eigenvalue weighted by molar-refractivity contribution is -0.120. The lowest BCUT2D eigenvalue weighted by Gasteiger charge is -2.36. The molecule has 188 valence electrons. The number of hydrogen-bond acceptors (Lipinski definition) is 6. The predicted molar refractivity (Wildman–Crippen MR) is 138 cm³/mol. The Bertz CT molecular complexity index is 1260. The molecule has 36 heavy (non-hydrogen) atoms. The molecule has 1 atom stereocenters. The van der Waals surface area contributed by atoms with Crippen molar-refractivity contribution in [3.8, 4) is 28.6 Å². The van der Waals surface area contributed by atoms with Crippen molar-refractivity contribution in [1.29, 1.82) is 0 Å². The maximum atomic E-state index is 13.3. The van der Waals surface area contributed by atoms with Gasteiger partial charge in [-0.3, -0.25) is 9.48 Å².